The van der Waals surface area contributed by atoms with E-state index in [1.165, 1.54) is 16.8 Å². The molecule has 13 heteroatoms. The lowest BCUT2D eigenvalue weighted by Gasteiger charge is -2.68. The number of anilines is 2. The molecule has 3 aromatic rings. The van der Waals surface area contributed by atoms with Gasteiger partial charge in [0, 0.05) is 23.1 Å². The molecule has 0 radical (unpaired) electrons. The van der Waals surface area contributed by atoms with Crippen molar-refractivity contribution in [3.05, 3.63) is 45.9 Å². The van der Waals surface area contributed by atoms with Gasteiger partial charge in [-0.1, -0.05) is 35.8 Å². The number of carbonyl (C=O) groups is 3. The Morgan fingerprint density at radius 1 is 1.21 bits per heavy atom. The highest BCUT2D eigenvalue weighted by atomic mass is 35.5. The number of rotatable bonds is 8. The summed E-state index contributed by atoms with van der Waals surface area (Å²) in [5.41, 5.74) is 6.04. The summed E-state index contributed by atoms with van der Waals surface area (Å²) in [5, 5.41) is 13.4. The summed E-state index contributed by atoms with van der Waals surface area (Å²) in [4.78, 5) is 37.9. The van der Waals surface area contributed by atoms with Crippen LogP contribution in [-0.2, 0) is 21.4 Å². The Morgan fingerprint density at radius 3 is 2.45 bits per heavy atom. The maximum atomic E-state index is 15.5. The average Bonchev–Trinajstić information content (AvgIpc) is 3.43. The molecule has 224 valence electrons. The van der Waals surface area contributed by atoms with Gasteiger partial charge in [-0.15, -0.1) is 0 Å². The number of hydrogen-bond acceptors (Lipinski definition) is 7. The van der Waals surface area contributed by atoms with E-state index in [1.807, 2.05) is 0 Å². The van der Waals surface area contributed by atoms with Crippen LogP contribution in [0.2, 0.25) is 5.02 Å². The Balaban J connectivity index is 1.38. The lowest BCUT2D eigenvalue weighted by Crippen LogP contribution is -2.62. The van der Waals surface area contributed by atoms with E-state index in [0.717, 1.165) is 25.0 Å². The van der Waals surface area contributed by atoms with Crippen molar-refractivity contribution in [2.45, 2.75) is 84.3 Å². The number of benzene rings is 1. The molecule has 0 atom stereocenters. The van der Waals surface area contributed by atoms with Gasteiger partial charge in [-0.05, 0) is 64.9 Å². The van der Waals surface area contributed by atoms with Gasteiger partial charge in [-0.2, -0.15) is 5.10 Å². The first-order chi connectivity index (χ1) is 19.5. The molecular weight excluding hydrogens is 567 g/mol. The van der Waals surface area contributed by atoms with Crippen LogP contribution < -0.4 is 16.4 Å². The molecular formula is C29H34ClFN6O5. The number of amides is 3. The van der Waals surface area contributed by atoms with E-state index in [9.17, 15) is 14.4 Å². The molecule has 0 unspecified atom stereocenters. The molecule has 0 spiro atoms. The second-order valence-corrected chi connectivity index (χ2v) is 13.3. The van der Waals surface area contributed by atoms with Crippen molar-refractivity contribution in [2.24, 2.45) is 11.1 Å². The van der Waals surface area contributed by atoms with Gasteiger partial charge in [0.25, 0.3) is 5.91 Å². The predicted octanol–water partition coefficient (Wildman–Crippen LogP) is 5.98. The van der Waals surface area contributed by atoms with Gasteiger partial charge in [-0.25, -0.2) is 13.9 Å². The number of carbonyl (C=O) groups excluding carboxylic acids is 3. The fourth-order valence-electron chi connectivity index (χ4n) is 6.16. The van der Waals surface area contributed by atoms with Crippen LogP contribution in [0.15, 0.2) is 22.7 Å². The summed E-state index contributed by atoms with van der Waals surface area (Å²) in [6.45, 7) is 10.9. The zero-order valence-electron chi connectivity index (χ0n) is 24.4. The minimum atomic E-state index is -0.915. The Bertz CT molecular complexity index is 1580. The molecule has 0 saturated heterocycles. The van der Waals surface area contributed by atoms with E-state index in [2.05, 4.69) is 27.8 Å². The van der Waals surface area contributed by atoms with Crippen molar-refractivity contribution >= 4 is 41.2 Å². The van der Waals surface area contributed by atoms with E-state index in [0.29, 0.717) is 5.41 Å². The highest BCUT2D eigenvalue weighted by Crippen LogP contribution is 2.73. The van der Waals surface area contributed by atoms with Crippen LogP contribution in [0.25, 0.3) is 11.3 Å². The van der Waals surface area contributed by atoms with Crippen LogP contribution in [0, 0.1) is 11.2 Å². The van der Waals surface area contributed by atoms with Gasteiger partial charge in [0.2, 0.25) is 11.8 Å². The summed E-state index contributed by atoms with van der Waals surface area (Å²) < 4.78 is 27.5. The molecule has 2 aromatic heterocycles. The molecule has 2 heterocycles. The smallest absolute Gasteiger partial charge is 0.413 e. The molecule has 11 nitrogen and oxygen atoms in total. The topological polar surface area (TPSA) is 154 Å². The van der Waals surface area contributed by atoms with Gasteiger partial charge in [0.1, 0.15) is 28.5 Å². The second kappa shape index (κ2) is 10.1. The number of ether oxygens (including phenoxy) is 1. The number of aromatic nitrogens is 3. The predicted molar refractivity (Wildman–Crippen MR) is 154 cm³/mol. The lowest BCUT2D eigenvalue weighted by atomic mass is 9.35. The van der Waals surface area contributed by atoms with Crippen LogP contribution >= 0.6 is 11.6 Å². The Labute approximate surface area is 247 Å². The van der Waals surface area contributed by atoms with E-state index < -0.39 is 29.3 Å². The summed E-state index contributed by atoms with van der Waals surface area (Å²) in [7, 11) is 0. The number of nitrogens with one attached hydrogen (secondary N) is 2. The molecule has 3 saturated carbocycles. The fraction of sp³-hybridized carbons (Fsp3) is 0.483. The van der Waals surface area contributed by atoms with Crippen molar-refractivity contribution in [1.82, 2.24) is 14.9 Å². The minimum Gasteiger partial charge on any atom is -0.444 e. The number of hydrogen-bond donors (Lipinski definition) is 3. The van der Waals surface area contributed by atoms with Crippen LogP contribution in [0.1, 0.15) is 88.5 Å². The van der Waals surface area contributed by atoms with Crippen molar-refractivity contribution in [3.8, 4) is 11.3 Å². The highest BCUT2D eigenvalue weighted by Gasteiger charge is 2.66. The number of nitrogens with two attached hydrogens (primary N) is 1. The molecule has 2 bridgehead atoms. The molecule has 1 aromatic carbocycles. The third-order valence-electron chi connectivity index (χ3n) is 7.65. The summed E-state index contributed by atoms with van der Waals surface area (Å²) in [5.74, 6) is -2.11. The zero-order chi connectivity index (χ0) is 30.8. The molecule has 3 fully saturated rings. The highest BCUT2D eigenvalue weighted by molar-refractivity contribution is 6.33. The van der Waals surface area contributed by atoms with Crippen LogP contribution in [0.5, 0.6) is 0 Å². The molecule has 42 heavy (non-hydrogen) atoms. The quantitative estimate of drug-likeness (QED) is 0.287. The largest absolute Gasteiger partial charge is 0.444 e. The van der Waals surface area contributed by atoms with E-state index in [-0.39, 0.29) is 57.0 Å². The Kier molecular flexibility index (Phi) is 7.11. The first-order valence-electron chi connectivity index (χ1n) is 13.7. The second-order valence-electron chi connectivity index (χ2n) is 12.9. The van der Waals surface area contributed by atoms with Crippen LogP contribution in [-0.4, -0.2) is 38.4 Å². The number of halogens is 2. The summed E-state index contributed by atoms with van der Waals surface area (Å²) >= 11 is 6.43. The first-order valence-corrected chi connectivity index (χ1v) is 14.1. The number of nitrogens with zero attached hydrogens (tertiary/aromatic N) is 3. The normalized spacial score (nSPS) is 21.0. The Morgan fingerprint density at radius 2 is 1.88 bits per heavy atom. The SMILES string of the molecule is CC(C)n1nc(-c2ccc(CC(=O)Nc3cc(C45CC(C)(C4)C5)no3)c(F)c2Cl)c(C(N)=O)c1NC(=O)OC(C)(C)C. The van der Waals surface area contributed by atoms with E-state index in [4.69, 9.17) is 26.6 Å². The van der Waals surface area contributed by atoms with Gasteiger partial charge >= 0.3 is 6.09 Å². The Hall–Kier alpha value is -3.93. The van der Waals surface area contributed by atoms with Gasteiger partial charge in [0.15, 0.2) is 0 Å². The molecule has 4 N–H and O–H groups in total. The van der Waals surface area contributed by atoms with E-state index >= 15 is 4.39 Å². The maximum Gasteiger partial charge on any atom is 0.413 e. The monoisotopic (exact) mass is 600 g/mol. The van der Waals surface area contributed by atoms with E-state index in [1.54, 1.807) is 40.7 Å². The van der Waals surface area contributed by atoms with Crippen molar-refractivity contribution in [2.75, 3.05) is 10.6 Å². The molecule has 3 aliphatic rings. The lowest BCUT2D eigenvalue weighted by molar-refractivity contribution is -0.129. The van der Waals surface area contributed by atoms with Crippen LogP contribution in [0.4, 0.5) is 20.9 Å². The molecule has 0 aliphatic heterocycles. The van der Waals surface area contributed by atoms with Crippen molar-refractivity contribution in [3.63, 3.8) is 0 Å². The third kappa shape index (κ3) is 5.35. The van der Waals surface area contributed by atoms with Crippen molar-refractivity contribution in [1.29, 1.82) is 0 Å². The number of primary amides is 1. The molecule has 6 rings (SSSR count). The fourth-order valence-corrected chi connectivity index (χ4v) is 6.44. The van der Waals surface area contributed by atoms with Gasteiger partial charge in [0.05, 0.1) is 17.1 Å². The molecule has 3 amide bonds. The zero-order valence-corrected chi connectivity index (χ0v) is 25.1. The average molecular weight is 601 g/mol. The summed E-state index contributed by atoms with van der Waals surface area (Å²) in [6.07, 6.45) is 2.01. The van der Waals surface area contributed by atoms with Gasteiger partial charge < -0.3 is 15.0 Å². The standard InChI is InChI=1S/C29H34ClFN6O5/c1-14(2)37-25(34-26(40)41-27(3,4)5)20(24(32)39)23(35-37)16-8-7-15(22(31)21(16)30)9-18(38)33-19-10-17(36-42-19)29-11-28(6,12-29)13-29/h7-8,10,14H,9,11-13H2,1-6H3,(H2,32,39)(H,33,38)(H,34,40). The maximum absolute atomic E-state index is 15.5. The third-order valence-corrected chi connectivity index (χ3v) is 8.01. The van der Waals surface area contributed by atoms with Crippen LogP contribution in [0.3, 0.4) is 0 Å². The van der Waals surface area contributed by atoms with Gasteiger partial charge in [-0.3, -0.25) is 20.2 Å². The minimum absolute atomic E-state index is 0.0129. The summed E-state index contributed by atoms with van der Waals surface area (Å²) in [6, 6.07) is 4.22. The van der Waals surface area contributed by atoms with Crippen molar-refractivity contribution < 1.29 is 28.0 Å². The molecule has 3 aliphatic carbocycles. The first kappa shape index (κ1) is 29.6.